The number of fused-ring (bicyclic) bond motifs is 1. The Kier molecular flexibility index (Phi) is 4.98. The molecule has 0 bridgehead atoms. The quantitative estimate of drug-likeness (QED) is 0.674. The van der Waals surface area contributed by atoms with Crippen molar-refractivity contribution in [1.82, 2.24) is 9.97 Å². The van der Waals surface area contributed by atoms with E-state index in [1.54, 1.807) is 0 Å². The summed E-state index contributed by atoms with van der Waals surface area (Å²) in [5.74, 6) is 3.63. The minimum absolute atomic E-state index is 0.557. The first-order valence-corrected chi connectivity index (χ1v) is 9.04. The van der Waals surface area contributed by atoms with Crippen molar-refractivity contribution >= 4 is 28.9 Å². The van der Waals surface area contributed by atoms with Crippen molar-refractivity contribution in [3.05, 3.63) is 64.9 Å². The number of halogens is 1. The van der Waals surface area contributed by atoms with Crippen LogP contribution >= 0.6 is 11.6 Å². The maximum Gasteiger partial charge on any atom is 0.163 e. The van der Waals surface area contributed by atoms with E-state index >= 15 is 0 Å². The molecule has 0 aliphatic carbocycles. The molecular weight excluding hydrogens is 364 g/mol. The summed E-state index contributed by atoms with van der Waals surface area (Å²) >= 11 is 5.93. The van der Waals surface area contributed by atoms with Gasteiger partial charge in [0.2, 0.25) is 0 Å². The highest BCUT2D eigenvalue weighted by Gasteiger charge is 2.12. The number of nitrogens with zero attached hydrogens (tertiary/aromatic N) is 2. The Hall–Kier alpha value is -2.99. The average molecular weight is 383 g/mol. The van der Waals surface area contributed by atoms with Gasteiger partial charge in [0, 0.05) is 29.4 Å². The van der Waals surface area contributed by atoms with Crippen molar-refractivity contribution in [3.8, 4) is 11.5 Å². The molecule has 0 saturated carbocycles. The summed E-state index contributed by atoms with van der Waals surface area (Å²) in [6, 6.07) is 15.3. The summed E-state index contributed by atoms with van der Waals surface area (Å²) < 4.78 is 11.2. The minimum atomic E-state index is 0.557. The van der Waals surface area contributed by atoms with Crippen LogP contribution in [0.2, 0.25) is 5.02 Å². The van der Waals surface area contributed by atoms with Crippen LogP contribution in [0.25, 0.3) is 0 Å². The summed E-state index contributed by atoms with van der Waals surface area (Å²) in [5, 5.41) is 7.34. The van der Waals surface area contributed by atoms with Gasteiger partial charge in [-0.15, -0.1) is 0 Å². The molecule has 0 unspecified atom stereocenters. The second kappa shape index (κ2) is 7.72. The van der Waals surface area contributed by atoms with Crippen molar-refractivity contribution < 1.29 is 9.47 Å². The standard InChI is InChI=1S/C20H19ClN4O2/c1-13-23-19(22-12-14-2-4-15(21)5-3-14)11-20(24-13)25-16-6-7-17-18(10-16)27-9-8-26-17/h2-7,10-11H,8-9,12H2,1H3,(H2,22,23,24,25). The molecule has 0 radical (unpaired) electrons. The van der Waals surface area contributed by atoms with Crippen LogP contribution in [0.1, 0.15) is 11.4 Å². The lowest BCUT2D eigenvalue weighted by molar-refractivity contribution is 0.171. The fourth-order valence-electron chi connectivity index (χ4n) is 2.79. The molecule has 3 aromatic rings. The van der Waals surface area contributed by atoms with E-state index in [1.165, 1.54) is 0 Å². The number of aromatic nitrogens is 2. The monoisotopic (exact) mass is 382 g/mol. The van der Waals surface area contributed by atoms with Crippen molar-refractivity contribution in [3.63, 3.8) is 0 Å². The van der Waals surface area contributed by atoms with Crippen LogP contribution in [0.5, 0.6) is 11.5 Å². The van der Waals surface area contributed by atoms with E-state index in [0.717, 1.165) is 33.6 Å². The molecule has 0 spiro atoms. The van der Waals surface area contributed by atoms with Gasteiger partial charge in [0.25, 0.3) is 0 Å². The van der Waals surface area contributed by atoms with E-state index in [0.29, 0.717) is 31.4 Å². The topological polar surface area (TPSA) is 68.3 Å². The highest BCUT2D eigenvalue weighted by molar-refractivity contribution is 6.30. The molecule has 0 fully saturated rings. The van der Waals surface area contributed by atoms with Gasteiger partial charge in [0.15, 0.2) is 11.5 Å². The molecule has 6 nitrogen and oxygen atoms in total. The summed E-state index contributed by atoms with van der Waals surface area (Å²) in [6.07, 6.45) is 0. The molecule has 2 aromatic carbocycles. The van der Waals surface area contributed by atoms with Gasteiger partial charge >= 0.3 is 0 Å². The van der Waals surface area contributed by atoms with Gasteiger partial charge in [0.1, 0.15) is 30.7 Å². The first-order valence-electron chi connectivity index (χ1n) is 8.66. The Balaban J connectivity index is 1.47. The van der Waals surface area contributed by atoms with Gasteiger partial charge in [-0.05, 0) is 36.8 Å². The van der Waals surface area contributed by atoms with Crippen LogP contribution < -0.4 is 20.1 Å². The molecule has 2 heterocycles. The molecule has 1 aliphatic rings. The van der Waals surface area contributed by atoms with Crippen molar-refractivity contribution in [1.29, 1.82) is 0 Å². The first kappa shape index (κ1) is 17.4. The number of rotatable bonds is 5. The smallest absolute Gasteiger partial charge is 0.163 e. The largest absolute Gasteiger partial charge is 0.486 e. The predicted molar refractivity (Wildman–Crippen MR) is 106 cm³/mol. The molecule has 1 aliphatic heterocycles. The highest BCUT2D eigenvalue weighted by atomic mass is 35.5. The number of anilines is 3. The summed E-state index contributed by atoms with van der Waals surface area (Å²) in [7, 11) is 0. The third-order valence-corrected chi connectivity index (χ3v) is 4.29. The second-order valence-electron chi connectivity index (χ2n) is 6.15. The van der Waals surface area contributed by atoms with Crippen LogP contribution in [0.15, 0.2) is 48.5 Å². The van der Waals surface area contributed by atoms with E-state index in [2.05, 4.69) is 20.6 Å². The molecule has 0 atom stereocenters. The zero-order chi connectivity index (χ0) is 18.6. The number of ether oxygens (including phenoxy) is 2. The zero-order valence-corrected chi connectivity index (χ0v) is 15.6. The van der Waals surface area contributed by atoms with E-state index in [9.17, 15) is 0 Å². The molecule has 27 heavy (non-hydrogen) atoms. The van der Waals surface area contributed by atoms with Gasteiger partial charge in [-0.2, -0.15) is 0 Å². The van der Waals surface area contributed by atoms with Crippen LogP contribution in [0.4, 0.5) is 17.3 Å². The second-order valence-corrected chi connectivity index (χ2v) is 6.59. The van der Waals surface area contributed by atoms with Gasteiger partial charge in [-0.1, -0.05) is 23.7 Å². The lowest BCUT2D eigenvalue weighted by Crippen LogP contribution is -2.15. The number of hydrogen-bond donors (Lipinski definition) is 2. The Bertz CT molecular complexity index is 947. The fourth-order valence-corrected chi connectivity index (χ4v) is 2.91. The molecular formula is C20H19ClN4O2. The molecule has 0 amide bonds. The number of nitrogens with one attached hydrogen (secondary N) is 2. The highest BCUT2D eigenvalue weighted by Crippen LogP contribution is 2.33. The van der Waals surface area contributed by atoms with Crippen molar-refractivity contribution in [2.24, 2.45) is 0 Å². The van der Waals surface area contributed by atoms with Gasteiger partial charge in [0.05, 0.1) is 0 Å². The van der Waals surface area contributed by atoms with Gasteiger partial charge in [-0.25, -0.2) is 9.97 Å². The van der Waals surface area contributed by atoms with Crippen LogP contribution in [0, 0.1) is 6.92 Å². The Labute approximate surface area is 162 Å². The van der Waals surface area contributed by atoms with E-state index < -0.39 is 0 Å². The third-order valence-electron chi connectivity index (χ3n) is 4.04. The van der Waals surface area contributed by atoms with Crippen molar-refractivity contribution in [2.75, 3.05) is 23.8 Å². The maximum absolute atomic E-state index is 5.93. The van der Waals surface area contributed by atoms with Crippen LogP contribution in [-0.2, 0) is 6.54 Å². The van der Waals surface area contributed by atoms with Crippen LogP contribution in [0.3, 0.4) is 0 Å². The van der Waals surface area contributed by atoms with Gasteiger partial charge < -0.3 is 20.1 Å². The minimum Gasteiger partial charge on any atom is -0.486 e. The van der Waals surface area contributed by atoms with Gasteiger partial charge in [-0.3, -0.25) is 0 Å². The lowest BCUT2D eigenvalue weighted by atomic mass is 10.2. The molecule has 138 valence electrons. The Morgan fingerprint density at radius 1 is 0.926 bits per heavy atom. The van der Waals surface area contributed by atoms with E-state index in [1.807, 2.05) is 55.5 Å². The molecule has 0 saturated heterocycles. The average Bonchev–Trinajstić information content (AvgIpc) is 2.67. The summed E-state index contributed by atoms with van der Waals surface area (Å²) in [6.45, 7) is 3.65. The Morgan fingerprint density at radius 3 is 2.48 bits per heavy atom. The summed E-state index contributed by atoms with van der Waals surface area (Å²) in [5.41, 5.74) is 2.00. The normalized spacial score (nSPS) is 12.5. The number of aryl methyl sites for hydroxylation is 1. The summed E-state index contributed by atoms with van der Waals surface area (Å²) in [4.78, 5) is 8.90. The van der Waals surface area contributed by atoms with Crippen LogP contribution in [-0.4, -0.2) is 23.2 Å². The Morgan fingerprint density at radius 2 is 1.67 bits per heavy atom. The fraction of sp³-hybridized carbons (Fsp3) is 0.200. The number of benzene rings is 2. The van der Waals surface area contributed by atoms with Crippen molar-refractivity contribution in [2.45, 2.75) is 13.5 Å². The van der Waals surface area contributed by atoms with E-state index in [-0.39, 0.29) is 0 Å². The predicted octanol–water partition coefficient (Wildman–Crippen LogP) is 4.57. The zero-order valence-electron chi connectivity index (χ0n) is 14.8. The molecule has 4 rings (SSSR count). The number of hydrogen-bond acceptors (Lipinski definition) is 6. The third kappa shape index (κ3) is 4.41. The molecule has 7 heteroatoms. The SMILES string of the molecule is Cc1nc(NCc2ccc(Cl)cc2)cc(Nc2ccc3c(c2)OCCO3)n1. The van der Waals surface area contributed by atoms with E-state index in [4.69, 9.17) is 21.1 Å². The lowest BCUT2D eigenvalue weighted by Gasteiger charge is -2.19. The maximum atomic E-state index is 5.93. The molecule has 2 N–H and O–H groups in total. The first-order chi connectivity index (χ1) is 13.2. The molecule has 1 aromatic heterocycles.